The lowest BCUT2D eigenvalue weighted by Crippen LogP contribution is -2.54. The van der Waals surface area contributed by atoms with E-state index < -0.39 is 17.6 Å². The second kappa shape index (κ2) is 16.3. The number of aliphatic hydroxyl groups is 1. The maximum absolute atomic E-state index is 14.5. The van der Waals surface area contributed by atoms with E-state index in [1.165, 1.54) is 0 Å². The summed E-state index contributed by atoms with van der Waals surface area (Å²) < 4.78 is 23.0. The summed E-state index contributed by atoms with van der Waals surface area (Å²) >= 11 is 0. The van der Waals surface area contributed by atoms with Crippen molar-refractivity contribution >= 4 is 17.5 Å². The Morgan fingerprint density at radius 1 is 0.979 bits per heavy atom. The zero-order chi connectivity index (χ0) is 33.8. The first-order valence-electron chi connectivity index (χ1n) is 15.5. The molecule has 0 spiro atoms. The topological polar surface area (TPSA) is 159 Å². The molecule has 4 aromatic rings. The molecule has 48 heavy (non-hydrogen) atoms. The monoisotopic (exact) mass is 650 g/mol. The number of rotatable bonds is 16. The summed E-state index contributed by atoms with van der Waals surface area (Å²) in [5.74, 6) is 1.73. The van der Waals surface area contributed by atoms with Gasteiger partial charge >= 0.3 is 0 Å². The molecule has 3 N–H and O–H groups in total. The van der Waals surface area contributed by atoms with Crippen molar-refractivity contribution in [3.63, 3.8) is 0 Å². The molecule has 1 heterocycles. The highest BCUT2D eigenvalue weighted by Gasteiger charge is 2.54. The Labute approximate surface area is 278 Å². The number of hydrogen-bond acceptors (Lipinski definition) is 9. The minimum absolute atomic E-state index is 0.0398. The van der Waals surface area contributed by atoms with Crippen molar-refractivity contribution in [2.75, 3.05) is 34.0 Å². The van der Waals surface area contributed by atoms with E-state index in [0.29, 0.717) is 60.1 Å². The van der Waals surface area contributed by atoms with Crippen LogP contribution < -0.4 is 25.1 Å². The lowest BCUT2D eigenvalue weighted by molar-refractivity contribution is -0.130. The van der Waals surface area contributed by atoms with Crippen LogP contribution in [0.4, 0.5) is 5.69 Å². The molecule has 1 aliphatic rings. The lowest BCUT2D eigenvalue weighted by Gasteiger charge is -2.31. The molecule has 0 bridgehead atoms. The van der Waals surface area contributed by atoms with E-state index >= 15 is 0 Å². The minimum Gasteiger partial charge on any atom is -0.494 e. The molecule has 4 aromatic carbocycles. The molecule has 1 aliphatic heterocycles. The molecule has 2 atom stereocenters. The van der Waals surface area contributed by atoms with E-state index in [-0.39, 0.29) is 18.9 Å². The average molecular weight is 651 g/mol. The van der Waals surface area contributed by atoms with Gasteiger partial charge in [-0.2, -0.15) is 0 Å². The van der Waals surface area contributed by atoms with Gasteiger partial charge in [0, 0.05) is 47.7 Å². The van der Waals surface area contributed by atoms with Crippen molar-refractivity contribution < 1.29 is 28.8 Å². The molecule has 0 saturated heterocycles. The molecule has 1 amide bonds. The van der Waals surface area contributed by atoms with E-state index in [1.807, 2.05) is 48.5 Å². The number of nitrogens with zero attached hydrogens (tertiary/aromatic N) is 4. The zero-order valence-electron chi connectivity index (χ0n) is 26.8. The fraction of sp³-hybridized carbons (Fsp3) is 0.278. The molecule has 0 aliphatic carbocycles. The second-order valence-electron chi connectivity index (χ2n) is 11.0. The number of ether oxygens (including phenoxy) is 4. The predicted molar refractivity (Wildman–Crippen MR) is 182 cm³/mol. The number of carbonyl (C=O) groups excluding carboxylic acids is 1. The van der Waals surface area contributed by atoms with Crippen molar-refractivity contribution in [3.8, 4) is 17.2 Å². The Morgan fingerprint density at radius 3 is 2.46 bits per heavy atom. The van der Waals surface area contributed by atoms with Gasteiger partial charge in [-0.1, -0.05) is 65.8 Å². The molecule has 0 radical (unpaired) electrons. The largest absolute Gasteiger partial charge is 0.494 e. The number of aliphatic imine (C=N–C) groups is 1. The van der Waals surface area contributed by atoms with Gasteiger partial charge < -0.3 is 24.1 Å². The molecule has 0 saturated carbocycles. The van der Waals surface area contributed by atoms with Crippen molar-refractivity contribution in [1.29, 1.82) is 0 Å². The predicted octanol–water partition coefficient (Wildman–Crippen LogP) is 5.77. The van der Waals surface area contributed by atoms with Crippen LogP contribution in [0, 0.1) is 0 Å². The van der Waals surface area contributed by atoms with Crippen LogP contribution in [0.1, 0.15) is 34.8 Å². The summed E-state index contributed by atoms with van der Waals surface area (Å²) in [6, 6.07) is 29.5. The summed E-state index contributed by atoms with van der Waals surface area (Å²) in [5.41, 5.74) is 17.2. The Kier molecular flexibility index (Phi) is 11.5. The van der Waals surface area contributed by atoms with E-state index in [9.17, 15) is 10.3 Å². The average Bonchev–Trinajstić information content (AvgIpc) is 3.51. The summed E-state index contributed by atoms with van der Waals surface area (Å²) in [7, 11) is 3.17. The number of hydrogen-bond donors (Lipinski definition) is 3. The maximum Gasteiger partial charge on any atom is 0.266 e. The minimum atomic E-state index is -1.50. The third-order valence-corrected chi connectivity index (χ3v) is 7.91. The molecule has 248 valence electrons. The van der Waals surface area contributed by atoms with Gasteiger partial charge in [-0.25, -0.2) is 10.4 Å². The highest BCUT2D eigenvalue weighted by Crippen LogP contribution is 2.45. The molecule has 12 heteroatoms. The Balaban J connectivity index is 1.48. The summed E-state index contributed by atoms with van der Waals surface area (Å²) in [6.07, 6.45) is 0.358. The molecular formula is C36H38N6O6. The van der Waals surface area contributed by atoms with Crippen LogP contribution in [-0.2, 0) is 22.4 Å². The lowest BCUT2D eigenvalue weighted by atomic mass is 9.81. The molecule has 0 aromatic heterocycles. The normalized spacial score (nSPS) is 16.6. The summed E-state index contributed by atoms with van der Waals surface area (Å²) in [4.78, 5) is 22.5. The van der Waals surface area contributed by atoms with Crippen molar-refractivity contribution in [3.05, 3.63) is 130 Å². The van der Waals surface area contributed by atoms with Crippen LogP contribution in [0.15, 0.2) is 107 Å². The standard InChI is InChI=1S/C36H38N6O6/c1-45-31-18-13-25(23-32(31)46-2)19-20-38-41-35(44)36(24-26-9-4-3-5-10-26)33(29-11-6-7-12-30(29)40-42-37)48-34(39-36)27-14-16-28(17-15-27)47-22-8-21-43/h3-7,9-18,23,33,38,43H,8,19-22,24H2,1-2H3,(H,41,44)/t33-,36-/m0/s1. The van der Waals surface area contributed by atoms with Crippen LogP contribution in [0.25, 0.3) is 10.4 Å². The van der Waals surface area contributed by atoms with Gasteiger partial charge in [0.25, 0.3) is 5.91 Å². The number of methoxy groups -OCH3 is 2. The van der Waals surface area contributed by atoms with Gasteiger partial charge in [-0.05, 0) is 59.5 Å². The zero-order valence-corrected chi connectivity index (χ0v) is 26.8. The number of carbonyl (C=O) groups is 1. The number of aliphatic hydroxyl groups excluding tert-OH is 1. The van der Waals surface area contributed by atoms with E-state index in [1.54, 1.807) is 62.8 Å². The van der Waals surface area contributed by atoms with Gasteiger partial charge in [-0.3, -0.25) is 10.2 Å². The van der Waals surface area contributed by atoms with Crippen molar-refractivity contribution in [1.82, 2.24) is 10.9 Å². The van der Waals surface area contributed by atoms with Crippen molar-refractivity contribution in [2.24, 2.45) is 10.1 Å². The molecule has 5 rings (SSSR count). The summed E-state index contributed by atoms with van der Waals surface area (Å²) in [6.45, 7) is 0.834. The highest BCUT2D eigenvalue weighted by atomic mass is 16.5. The van der Waals surface area contributed by atoms with Crippen molar-refractivity contribution in [2.45, 2.75) is 30.9 Å². The van der Waals surface area contributed by atoms with Crippen LogP contribution in [0.3, 0.4) is 0 Å². The van der Waals surface area contributed by atoms with Crippen LogP contribution in [0.2, 0.25) is 0 Å². The van der Waals surface area contributed by atoms with Crippen LogP contribution >= 0.6 is 0 Å². The Morgan fingerprint density at radius 2 is 1.73 bits per heavy atom. The first-order chi connectivity index (χ1) is 23.5. The van der Waals surface area contributed by atoms with Crippen LogP contribution in [-0.4, -0.2) is 56.4 Å². The smallest absolute Gasteiger partial charge is 0.266 e. The number of benzene rings is 4. The summed E-state index contributed by atoms with van der Waals surface area (Å²) in [5, 5.41) is 13.0. The number of azide groups is 1. The van der Waals surface area contributed by atoms with E-state index in [4.69, 9.17) is 29.0 Å². The fourth-order valence-corrected chi connectivity index (χ4v) is 5.51. The van der Waals surface area contributed by atoms with Gasteiger partial charge in [0.1, 0.15) is 5.75 Å². The molecule has 0 fully saturated rings. The van der Waals surface area contributed by atoms with Crippen LogP contribution in [0.5, 0.6) is 17.2 Å². The first-order valence-corrected chi connectivity index (χ1v) is 15.5. The second-order valence-corrected chi connectivity index (χ2v) is 11.0. The van der Waals surface area contributed by atoms with E-state index in [0.717, 1.165) is 11.1 Å². The third-order valence-electron chi connectivity index (χ3n) is 7.91. The van der Waals surface area contributed by atoms with Gasteiger partial charge in [0.2, 0.25) is 5.90 Å². The Bertz CT molecular complexity index is 1760. The molecule has 0 unspecified atom stereocenters. The SMILES string of the molecule is COc1ccc(CCNNC(=O)[C@@]2(Cc3ccccc3)N=C(c3ccc(OCCCO)cc3)O[C@H]2c2ccccc2N=[N+]=[N-])cc1OC. The quantitative estimate of drug-likeness (QED) is 0.0456. The number of nitrogens with one attached hydrogen (secondary N) is 2. The van der Waals surface area contributed by atoms with Gasteiger partial charge in [0.05, 0.1) is 20.8 Å². The van der Waals surface area contributed by atoms with Gasteiger partial charge in [-0.15, -0.1) is 0 Å². The van der Waals surface area contributed by atoms with Gasteiger partial charge in [0.15, 0.2) is 23.1 Å². The third kappa shape index (κ3) is 7.87. The number of amides is 1. The first kappa shape index (κ1) is 33.8. The Hall–Kier alpha value is -5.55. The molecule has 12 nitrogen and oxygen atoms in total. The van der Waals surface area contributed by atoms with E-state index in [2.05, 4.69) is 20.9 Å². The maximum atomic E-state index is 14.5. The highest BCUT2D eigenvalue weighted by molar-refractivity contribution is 6.01. The fourth-order valence-electron chi connectivity index (χ4n) is 5.51. The molecular weight excluding hydrogens is 612 g/mol. The number of hydrazine groups is 1.